The first-order valence-electron chi connectivity index (χ1n) is 11.0. The van der Waals surface area contributed by atoms with Crippen LogP contribution in [-0.4, -0.2) is 68.5 Å². The molecule has 0 bridgehead atoms. The molecular weight excluding hydrogens is 416 g/mol. The summed E-state index contributed by atoms with van der Waals surface area (Å²) in [4.78, 5) is 36.9. The van der Waals surface area contributed by atoms with Crippen molar-refractivity contribution in [2.75, 3.05) is 19.7 Å². The minimum Gasteiger partial charge on any atom is -0.394 e. The van der Waals surface area contributed by atoms with Gasteiger partial charge in [-0.25, -0.2) is 4.98 Å². The van der Waals surface area contributed by atoms with Gasteiger partial charge in [0.15, 0.2) is 0 Å². The number of aliphatic hydroxyl groups excluding tert-OH is 1. The van der Waals surface area contributed by atoms with Gasteiger partial charge >= 0.3 is 0 Å². The topological polar surface area (TPSA) is 86.6 Å². The molecule has 166 valence electrons. The molecule has 1 N–H and O–H groups in total. The van der Waals surface area contributed by atoms with Crippen LogP contribution in [0, 0.1) is 0 Å². The minimum atomic E-state index is -0.302. The number of carbonyl (C=O) groups excluding carboxylic acids is 2. The number of hydrogen-bond acceptors (Lipinski definition) is 5. The lowest BCUT2D eigenvalue weighted by Gasteiger charge is -2.58. The van der Waals surface area contributed by atoms with Crippen molar-refractivity contribution in [3.05, 3.63) is 95.6 Å². The number of aliphatic hydroxyl groups is 1. The molecule has 7 heteroatoms. The zero-order valence-electron chi connectivity index (χ0n) is 18.0. The number of hydrogen-bond donors (Lipinski definition) is 1. The Bertz CT molecular complexity index is 1170. The lowest BCUT2D eigenvalue weighted by molar-refractivity contribution is -0.159. The van der Waals surface area contributed by atoms with Crippen molar-refractivity contribution in [1.29, 1.82) is 0 Å². The van der Waals surface area contributed by atoms with Gasteiger partial charge < -0.3 is 14.9 Å². The predicted octanol–water partition coefficient (Wildman–Crippen LogP) is 2.46. The van der Waals surface area contributed by atoms with Crippen LogP contribution in [0.25, 0.3) is 12.2 Å². The fourth-order valence-electron chi connectivity index (χ4n) is 4.81. The molecule has 0 unspecified atom stereocenters. The lowest BCUT2D eigenvalue weighted by Crippen LogP contribution is -2.73. The van der Waals surface area contributed by atoms with E-state index in [-0.39, 0.29) is 48.7 Å². The highest BCUT2D eigenvalue weighted by atomic mass is 16.3. The van der Waals surface area contributed by atoms with Crippen LogP contribution in [-0.2, 0) is 4.79 Å². The van der Waals surface area contributed by atoms with Gasteiger partial charge in [0.25, 0.3) is 5.91 Å². The Balaban J connectivity index is 1.34. The number of aromatic nitrogens is 2. The molecule has 0 radical (unpaired) electrons. The third-order valence-electron chi connectivity index (χ3n) is 6.41. The molecule has 1 aromatic heterocycles. The molecule has 2 aliphatic rings. The summed E-state index contributed by atoms with van der Waals surface area (Å²) in [5, 5.41) is 9.99. The molecule has 0 aliphatic carbocycles. The van der Waals surface area contributed by atoms with Crippen LogP contribution in [0.5, 0.6) is 0 Å². The van der Waals surface area contributed by atoms with Crippen LogP contribution in [0.15, 0.2) is 73.2 Å². The third kappa shape index (κ3) is 4.03. The Hall–Kier alpha value is -3.84. The molecule has 3 atom stereocenters. The monoisotopic (exact) mass is 440 g/mol. The van der Waals surface area contributed by atoms with Gasteiger partial charge in [0.1, 0.15) is 12.2 Å². The van der Waals surface area contributed by atoms with E-state index in [1.807, 2.05) is 54.6 Å². The number of rotatable bonds is 5. The average Bonchev–Trinajstić information content (AvgIpc) is 2.85. The summed E-state index contributed by atoms with van der Waals surface area (Å²) >= 11 is 0. The Morgan fingerprint density at radius 2 is 1.76 bits per heavy atom. The van der Waals surface area contributed by atoms with E-state index in [2.05, 4.69) is 22.1 Å². The first-order valence-corrected chi connectivity index (χ1v) is 11.0. The molecular formula is C26H24N4O3. The van der Waals surface area contributed by atoms with E-state index in [0.717, 1.165) is 16.7 Å². The highest BCUT2D eigenvalue weighted by Gasteiger charge is 2.54. The maximum absolute atomic E-state index is 12.8. The van der Waals surface area contributed by atoms with Crippen LogP contribution in [0.2, 0.25) is 0 Å². The number of carbonyl (C=O) groups is 2. The first kappa shape index (κ1) is 21.0. The normalized spacial score (nSPS) is 22.2. The average molecular weight is 441 g/mol. The summed E-state index contributed by atoms with van der Waals surface area (Å²) < 4.78 is 0. The van der Waals surface area contributed by atoms with E-state index >= 15 is 0 Å². The predicted molar refractivity (Wildman–Crippen MR) is 124 cm³/mol. The molecule has 3 heterocycles. The fourth-order valence-corrected chi connectivity index (χ4v) is 4.81. The van der Waals surface area contributed by atoms with Crippen LogP contribution >= 0.6 is 0 Å². The van der Waals surface area contributed by atoms with E-state index < -0.39 is 0 Å². The van der Waals surface area contributed by atoms with Gasteiger partial charge in [-0.1, -0.05) is 66.7 Å². The van der Waals surface area contributed by atoms with E-state index in [4.69, 9.17) is 0 Å². The van der Waals surface area contributed by atoms with Gasteiger partial charge in [0, 0.05) is 24.9 Å². The molecule has 2 saturated heterocycles. The Kier molecular flexibility index (Phi) is 5.71. The quantitative estimate of drug-likeness (QED) is 0.616. The summed E-state index contributed by atoms with van der Waals surface area (Å²) in [5.41, 5.74) is 3.47. The van der Waals surface area contributed by atoms with Crippen LogP contribution < -0.4 is 0 Å². The number of piperazine rings is 1. The van der Waals surface area contributed by atoms with Crippen molar-refractivity contribution >= 4 is 24.0 Å². The second-order valence-corrected chi connectivity index (χ2v) is 8.33. The first-order chi connectivity index (χ1) is 16.2. The van der Waals surface area contributed by atoms with E-state index in [1.165, 1.54) is 23.5 Å². The molecule has 7 nitrogen and oxygen atoms in total. The molecule has 2 fully saturated rings. The maximum Gasteiger partial charge on any atom is 0.274 e. The summed E-state index contributed by atoms with van der Waals surface area (Å²) in [6, 6.07) is 17.8. The SMILES string of the molecule is O=C(c1cnccn1)N1CC(=O)N2[C@H](CO)[C@@H](c3ccc(/C=C/c4ccccc4)cc3)[C@H]2C1. The summed E-state index contributed by atoms with van der Waals surface area (Å²) in [6.07, 6.45) is 8.50. The second-order valence-electron chi connectivity index (χ2n) is 8.33. The number of nitrogens with zero attached hydrogens (tertiary/aromatic N) is 4. The highest BCUT2D eigenvalue weighted by molar-refractivity contribution is 5.96. The Labute approximate surface area is 192 Å². The fraction of sp³-hybridized carbons (Fsp3) is 0.231. The standard InChI is InChI=1S/C26H24N4O3/c31-17-23-25(20-10-8-19(9-11-20)7-6-18-4-2-1-3-5-18)22-15-29(16-24(32)30(22)23)26(33)21-14-27-12-13-28-21/h1-14,22-23,25,31H,15-17H2/b7-6+/t22-,23-,25+/m1/s1. The molecule has 2 aliphatic heterocycles. The summed E-state index contributed by atoms with van der Waals surface area (Å²) in [5.74, 6) is -0.492. The molecule has 0 spiro atoms. The van der Waals surface area contributed by atoms with Crippen LogP contribution in [0.4, 0.5) is 0 Å². The van der Waals surface area contributed by atoms with E-state index in [1.54, 1.807) is 4.90 Å². The number of benzene rings is 2. The number of amides is 2. The van der Waals surface area contributed by atoms with Crippen molar-refractivity contribution in [3.63, 3.8) is 0 Å². The molecule has 0 saturated carbocycles. The zero-order chi connectivity index (χ0) is 22.8. The second kappa shape index (κ2) is 8.96. The summed E-state index contributed by atoms with van der Waals surface area (Å²) in [6.45, 7) is 0.275. The molecule has 5 rings (SSSR count). The van der Waals surface area contributed by atoms with Crippen LogP contribution in [0.1, 0.15) is 33.1 Å². The van der Waals surface area contributed by atoms with E-state index in [0.29, 0.717) is 6.54 Å². The maximum atomic E-state index is 12.8. The van der Waals surface area contributed by atoms with Gasteiger partial charge in [-0.15, -0.1) is 0 Å². The lowest BCUT2D eigenvalue weighted by atomic mass is 9.73. The third-order valence-corrected chi connectivity index (χ3v) is 6.41. The molecule has 2 aromatic carbocycles. The van der Waals surface area contributed by atoms with Gasteiger partial charge in [-0.2, -0.15) is 0 Å². The van der Waals surface area contributed by atoms with Gasteiger partial charge in [0.2, 0.25) is 5.91 Å². The van der Waals surface area contributed by atoms with E-state index in [9.17, 15) is 14.7 Å². The van der Waals surface area contributed by atoms with Crippen molar-refractivity contribution in [2.24, 2.45) is 0 Å². The minimum absolute atomic E-state index is 0.0155. The molecule has 3 aromatic rings. The van der Waals surface area contributed by atoms with Crippen molar-refractivity contribution in [3.8, 4) is 0 Å². The van der Waals surface area contributed by atoms with Crippen molar-refractivity contribution < 1.29 is 14.7 Å². The van der Waals surface area contributed by atoms with Crippen LogP contribution in [0.3, 0.4) is 0 Å². The van der Waals surface area contributed by atoms with Gasteiger partial charge in [0.05, 0.1) is 24.9 Å². The smallest absolute Gasteiger partial charge is 0.274 e. The largest absolute Gasteiger partial charge is 0.394 e. The Morgan fingerprint density at radius 3 is 2.42 bits per heavy atom. The summed E-state index contributed by atoms with van der Waals surface area (Å²) in [7, 11) is 0. The number of fused-ring (bicyclic) bond motifs is 1. The molecule has 2 amide bonds. The highest BCUT2D eigenvalue weighted by Crippen LogP contribution is 2.43. The van der Waals surface area contributed by atoms with Gasteiger partial charge in [-0.05, 0) is 16.7 Å². The molecule has 33 heavy (non-hydrogen) atoms. The zero-order valence-corrected chi connectivity index (χ0v) is 18.0. The van der Waals surface area contributed by atoms with Crippen molar-refractivity contribution in [1.82, 2.24) is 19.8 Å². The Morgan fingerprint density at radius 1 is 1.03 bits per heavy atom. The van der Waals surface area contributed by atoms with Gasteiger partial charge in [-0.3, -0.25) is 14.6 Å². The van der Waals surface area contributed by atoms with Crippen molar-refractivity contribution in [2.45, 2.75) is 18.0 Å².